The number of hydrogen-bond acceptors (Lipinski definition) is 5. The van der Waals surface area contributed by atoms with Crippen LogP contribution in [0.5, 0.6) is 11.5 Å². The van der Waals surface area contributed by atoms with Crippen molar-refractivity contribution in [2.75, 3.05) is 20.8 Å². The summed E-state index contributed by atoms with van der Waals surface area (Å²) in [5, 5.41) is 0.535. The van der Waals surface area contributed by atoms with Gasteiger partial charge in [0.05, 0.1) is 36.9 Å². The molecule has 0 spiro atoms. The minimum Gasteiger partial charge on any atom is -0.493 e. The summed E-state index contributed by atoms with van der Waals surface area (Å²) < 4.78 is 12.6. The number of rotatable bonds is 11. The zero-order valence-corrected chi connectivity index (χ0v) is 26.0. The zero-order chi connectivity index (χ0) is 31.2. The van der Waals surface area contributed by atoms with E-state index in [0.29, 0.717) is 53.2 Å². The van der Waals surface area contributed by atoms with Crippen LogP contribution in [0.25, 0.3) is 16.6 Å². The quantitative estimate of drug-likeness (QED) is 0.164. The first kappa shape index (κ1) is 30.5. The van der Waals surface area contributed by atoms with E-state index >= 15 is 0 Å². The summed E-state index contributed by atoms with van der Waals surface area (Å²) in [5.41, 5.74) is 5.01. The van der Waals surface area contributed by atoms with Crippen molar-refractivity contribution in [3.63, 3.8) is 0 Å². The van der Waals surface area contributed by atoms with E-state index in [1.165, 1.54) is 5.56 Å². The molecule has 1 unspecified atom stereocenters. The minimum atomic E-state index is -0.480. The molecule has 5 aromatic rings. The second-order valence-electron chi connectivity index (χ2n) is 10.9. The maximum absolute atomic E-state index is 14.3. The fraction of sp³-hybridized carbons (Fsp3) is 0.270. The second kappa shape index (κ2) is 13.6. The van der Waals surface area contributed by atoms with Crippen molar-refractivity contribution in [2.24, 2.45) is 0 Å². The molecule has 4 aromatic carbocycles. The Morgan fingerprint density at radius 3 is 2.20 bits per heavy atom. The average molecular weight is 590 g/mol. The summed E-state index contributed by atoms with van der Waals surface area (Å²) >= 11 is 0. The molecule has 1 aromatic heterocycles. The third-order valence-electron chi connectivity index (χ3n) is 8.11. The predicted octanol–water partition coefficient (Wildman–Crippen LogP) is 7.11. The fourth-order valence-corrected chi connectivity index (χ4v) is 5.59. The van der Waals surface area contributed by atoms with Crippen LogP contribution >= 0.6 is 0 Å². The molecule has 0 fully saturated rings. The number of carbonyl (C=O) groups excluding carboxylic acids is 1. The van der Waals surface area contributed by atoms with Crippen LogP contribution in [0.3, 0.4) is 0 Å². The van der Waals surface area contributed by atoms with Crippen molar-refractivity contribution < 1.29 is 14.3 Å². The monoisotopic (exact) mass is 589 g/mol. The predicted molar refractivity (Wildman–Crippen MR) is 175 cm³/mol. The summed E-state index contributed by atoms with van der Waals surface area (Å²) in [6.07, 6.45) is 2.02. The highest BCUT2D eigenvalue weighted by Crippen LogP contribution is 2.30. The van der Waals surface area contributed by atoms with Crippen molar-refractivity contribution in [3.05, 3.63) is 129 Å². The average Bonchev–Trinajstić information content (AvgIpc) is 3.06. The molecular weight excluding hydrogens is 550 g/mol. The Bertz CT molecular complexity index is 1810. The maximum Gasteiger partial charge on any atom is 0.266 e. The molecule has 0 N–H and O–H groups in total. The summed E-state index contributed by atoms with van der Waals surface area (Å²) in [7, 11) is 3.22. The topological polar surface area (TPSA) is 73.7 Å². The summed E-state index contributed by atoms with van der Waals surface area (Å²) in [5.74, 6) is 1.70. The van der Waals surface area contributed by atoms with Crippen molar-refractivity contribution >= 4 is 16.8 Å². The lowest BCUT2D eigenvalue weighted by Crippen LogP contribution is -2.39. The smallest absolute Gasteiger partial charge is 0.266 e. The van der Waals surface area contributed by atoms with Crippen LogP contribution in [-0.4, -0.2) is 41.1 Å². The van der Waals surface area contributed by atoms with Crippen LogP contribution in [0, 0.1) is 6.92 Å². The number of ether oxygens (including phenoxy) is 2. The van der Waals surface area contributed by atoms with E-state index in [2.05, 4.69) is 6.92 Å². The van der Waals surface area contributed by atoms with Crippen molar-refractivity contribution in [1.29, 1.82) is 0 Å². The van der Waals surface area contributed by atoms with Gasteiger partial charge in [-0.15, -0.1) is 0 Å². The van der Waals surface area contributed by atoms with Gasteiger partial charge in [0.2, 0.25) is 0 Å². The number of aromatic nitrogens is 2. The van der Waals surface area contributed by atoms with Crippen LogP contribution in [0.2, 0.25) is 0 Å². The van der Waals surface area contributed by atoms with Gasteiger partial charge in [-0.05, 0) is 85.8 Å². The molecule has 1 atom stereocenters. The van der Waals surface area contributed by atoms with Gasteiger partial charge < -0.3 is 14.4 Å². The van der Waals surface area contributed by atoms with E-state index in [9.17, 15) is 9.59 Å². The molecule has 226 valence electrons. The maximum atomic E-state index is 14.3. The number of amides is 1. The van der Waals surface area contributed by atoms with E-state index in [1.807, 2.05) is 104 Å². The van der Waals surface area contributed by atoms with Gasteiger partial charge in [-0.1, -0.05) is 61.9 Å². The van der Waals surface area contributed by atoms with Gasteiger partial charge in [0.15, 0.2) is 11.5 Å². The Hall–Kier alpha value is -4.91. The first-order valence-corrected chi connectivity index (χ1v) is 15.1. The molecule has 0 saturated heterocycles. The summed E-state index contributed by atoms with van der Waals surface area (Å²) in [6, 6.07) is 28.3. The number of carbonyl (C=O) groups is 1. The minimum absolute atomic E-state index is 0.118. The van der Waals surface area contributed by atoms with Gasteiger partial charge in [-0.2, -0.15) is 0 Å². The standard InChI is InChI=1S/C37H39N3O4/c1-6-26-14-19-29(20-15-26)40-35(38-31-11-9-8-10-30(31)37(40)42)32(7-2)39(36(41)28-17-12-25(3)13-18-28)23-22-27-16-21-33(43-4)34(24-27)44-5/h8-21,24,32H,6-7,22-23H2,1-5H3. The van der Waals surface area contributed by atoms with Crippen molar-refractivity contribution in [1.82, 2.24) is 14.5 Å². The van der Waals surface area contributed by atoms with Crippen molar-refractivity contribution in [3.8, 4) is 17.2 Å². The summed E-state index contributed by atoms with van der Waals surface area (Å²) in [4.78, 5) is 35.4. The number of para-hydroxylation sites is 1. The highest BCUT2D eigenvalue weighted by Gasteiger charge is 2.30. The molecule has 0 aliphatic carbocycles. The molecule has 0 bridgehead atoms. The number of nitrogens with zero attached hydrogens (tertiary/aromatic N) is 3. The van der Waals surface area contributed by atoms with E-state index in [1.54, 1.807) is 24.9 Å². The lowest BCUT2D eigenvalue weighted by atomic mass is 10.0. The lowest BCUT2D eigenvalue weighted by molar-refractivity contribution is 0.0661. The largest absolute Gasteiger partial charge is 0.493 e. The third kappa shape index (κ3) is 6.23. The Morgan fingerprint density at radius 1 is 0.864 bits per heavy atom. The number of hydrogen-bond donors (Lipinski definition) is 0. The second-order valence-corrected chi connectivity index (χ2v) is 10.9. The van der Waals surface area contributed by atoms with Gasteiger partial charge in [0, 0.05) is 12.1 Å². The third-order valence-corrected chi connectivity index (χ3v) is 8.11. The Labute approximate surface area is 258 Å². The molecular formula is C37H39N3O4. The molecule has 1 heterocycles. The first-order chi connectivity index (χ1) is 21.4. The Morgan fingerprint density at radius 2 is 1.55 bits per heavy atom. The highest BCUT2D eigenvalue weighted by molar-refractivity contribution is 5.94. The highest BCUT2D eigenvalue weighted by atomic mass is 16.5. The Kier molecular flexibility index (Phi) is 9.44. The molecule has 5 rings (SSSR count). The number of benzene rings is 4. The van der Waals surface area contributed by atoms with Gasteiger partial charge in [0.25, 0.3) is 11.5 Å². The van der Waals surface area contributed by atoms with E-state index in [-0.39, 0.29) is 11.5 Å². The molecule has 0 saturated carbocycles. The number of fused-ring (bicyclic) bond motifs is 1. The SMILES string of the molecule is CCc1ccc(-n2c(C(CC)N(CCc3ccc(OC)c(OC)c3)C(=O)c3ccc(C)cc3)nc3ccccc3c2=O)cc1. The normalized spacial score (nSPS) is 11.8. The Balaban J connectivity index is 1.65. The molecule has 7 heteroatoms. The lowest BCUT2D eigenvalue weighted by Gasteiger charge is -2.33. The van der Waals surface area contributed by atoms with Crippen LogP contribution in [0.4, 0.5) is 0 Å². The van der Waals surface area contributed by atoms with Crippen LogP contribution in [0.15, 0.2) is 95.8 Å². The van der Waals surface area contributed by atoms with Gasteiger partial charge in [0.1, 0.15) is 5.82 Å². The molecule has 0 aliphatic heterocycles. The van der Waals surface area contributed by atoms with Gasteiger partial charge in [-0.3, -0.25) is 14.2 Å². The molecule has 0 aliphatic rings. The molecule has 0 radical (unpaired) electrons. The van der Waals surface area contributed by atoms with Crippen LogP contribution < -0.4 is 15.0 Å². The number of aryl methyl sites for hydroxylation is 2. The van der Waals surface area contributed by atoms with E-state index in [4.69, 9.17) is 14.5 Å². The molecule has 1 amide bonds. The molecule has 44 heavy (non-hydrogen) atoms. The van der Waals surface area contributed by atoms with Crippen molar-refractivity contribution in [2.45, 2.75) is 46.1 Å². The van der Waals surface area contributed by atoms with Gasteiger partial charge in [-0.25, -0.2) is 4.98 Å². The summed E-state index contributed by atoms with van der Waals surface area (Å²) in [6.45, 7) is 6.53. The van der Waals surface area contributed by atoms with Crippen LogP contribution in [-0.2, 0) is 12.8 Å². The number of methoxy groups -OCH3 is 2. The van der Waals surface area contributed by atoms with Gasteiger partial charge >= 0.3 is 0 Å². The first-order valence-electron chi connectivity index (χ1n) is 15.1. The van der Waals surface area contributed by atoms with Crippen LogP contribution in [0.1, 0.15) is 59.2 Å². The molecule has 7 nitrogen and oxygen atoms in total. The fourth-order valence-electron chi connectivity index (χ4n) is 5.59. The zero-order valence-electron chi connectivity index (χ0n) is 26.0. The van der Waals surface area contributed by atoms with E-state index in [0.717, 1.165) is 23.2 Å². The van der Waals surface area contributed by atoms with E-state index < -0.39 is 6.04 Å².